The van der Waals surface area contributed by atoms with Crippen LogP contribution in [-0.4, -0.2) is 37.0 Å². The van der Waals surface area contributed by atoms with Crippen molar-refractivity contribution in [1.29, 1.82) is 0 Å². The van der Waals surface area contributed by atoms with E-state index in [1.807, 2.05) is 45.0 Å². The van der Waals surface area contributed by atoms with Gasteiger partial charge < -0.3 is 14.8 Å². The van der Waals surface area contributed by atoms with E-state index in [1.165, 1.54) is 4.90 Å². The first-order valence-corrected chi connectivity index (χ1v) is 9.70. The molecule has 0 radical (unpaired) electrons. The zero-order chi connectivity index (χ0) is 21.0. The van der Waals surface area contributed by atoms with Gasteiger partial charge in [-0.25, -0.2) is 0 Å². The number of amides is 2. The molecule has 2 aromatic carbocycles. The van der Waals surface area contributed by atoms with Crippen molar-refractivity contribution in [3.63, 3.8) is 0 Å². The molecule has 2 amide bonds. The van der Waals surface area contributed by atoms with Crippen LogP contribution in [0.4, 0.5) is 5.69 Å². The molecule has 0 aliphatic carbocycles. The van der Waals surface area contributed by atoms with Crippen LogP contribution in [-0.2, 0) is 9.59 Å². The Morgan fingerprint density at radius 2 is 1.69 bits per heavy atom. The maximum Gasteiger partial charge on any atom is 0.278 e. The zero-order valence-electron chi connectivity index (χ0n) is 17.2. The molecule has 0 saturated heterocycles. The van der Waals surface area contributed by atoms with Gasteiger partial charge in [0, 0.05) is 6.54 Å². The topological polar surface area (TPSA) is 67.9 Å². The second kappa shape index (κ2) is 8.82. The number of hydrogen-bond acceptors (Lipinski definition) is 5. The van der Waals surface area contributed by atoms with Crippen LogP contribution in [0.1, 0.15) is 26.3 Å². The maximum atomic E-state index is 13.2. The molecule has 152 valence electrons. The van der Waals surface area contributed by atoms with E-state index in [0.29, 0.717) is 41.5 Å². The molecule has 29 heavy (non-hydrogen) atoms. The Bertz CT molecular complexity index is 932. The second-order valence-electron chi connectivity index (χ2n) is 7.15. The number of anilines is 1. The highest BCUT2D eigenvalue weighted by Gasteiger charge is 2.39. The van der Waals surface area contributed by atoms with Gasteiger partial charge in [0.1, 0.15) is 17.2 Å². The number of benzene rings is 2. The van der Waals surface area contributed by atoms with Crippen molar-refractivity contribution < 1.29 is 19.1 Å². The molecule has 1 aliphatic heterocycles. The SMILES string of the molecule is CCOc1ccccc1NC1=C(c2ccc(OC)cc2)C(=O)N(CC(C)C)C1=O. The maximum absolute atomic E-state index is 13.2. The van der Waals surface area contributed by atoms with Crippen LogP contribution in [0.15, 0.2) is 54.2 Å². The Balaban J connectivity index is 2.06. The minimum Gasteiger partial charge on any atom is -0.497 e. The Morgan fingerprint density at radius 3 is 2.31 bits per heavy atom. The number of carbonyl (C=O) groups is 2. The number of methoxy groups -OCH3 is 1. The molecule has 6 heteroatoms. The van der Waals surface area contributed by atoms with Gasteiger partial charge in [0.2, 0.25) is 0 Å². The molecule has 0 bridgehead atoms. The van der Waals surface area contributed by atoms with Crippen LogP contribution in [0.5, 0.6) is 11.5 Å². The van der Waals surface area contributed by atoms with Crippen molar-refractivity contribution in [1.82, 2.24) is 4.90 Å². The van der Waals surface area contributed by atoms with E-state index < -0.39 is 0 Å². The largest absolute Gasteiger partial charge is 0.497 e. The van der Waals surface area contributed by atoms with Gasteiger partial charge in [-0.1, -0.05) is 38.1 Å². The molecule has 0 unspecified atom stereocenters. The van der Waals surface area contributed by atoms with Crippen molar-refractivity contribution in [2.75, 3.05) is 25.6 Å². The lowest BCUT2D eigenvalue weighted by molar-refractivity contribution is -0.137. The fourth-order valence-electron chi connectivity index (χ4n) is 3.23. The lowest BCUT2D eigenvalue weighted by Crippen LogP contribution is -2.35. The van der Waals surface area contributed by atoms with Crippen LogP contribution in [0.2, 0.25) is 0 Å². The van der Waals surface area contributed by atoms with Crippen LogP contribution in [0.25, 0.3) is 5.57 Å². The summed E-state index contributed by atoms with van der Waals surface area (Å²) >= 11 is 0. The molecule has 0 atom stereocenters. The highest BCUT2D eigenvalue weighted by molar-refractivity contribution is 6.36. The average molecular weight is 394 g/mol. The number of para-hydroxylation sites is 2. The second-order valence-corrected chi connectivity index (χ2v) is 7.15. The van der Waals surface area contributed by atoms with Crippen molar-refractivity contribution in [3.05, 3.63) is 59.8 Å². The number of rotatable bonds is 8. The summed E-state index contributed by atoms with van der Waals surface area (Å²) < 4.78 is 10.9. The Hall–Kier alpha value is -3.28. The van der Waals surface area contributed by atoms with Crippen molar-refractivity contribution in [3.8, 4) is 11.5 Å². The number of ether oxygens (including phenoxy) is 2. The molecule has 0 saturated carbocycles. The quantitative estimate of drug-likeness (QED) is 0.687. The van der Waals surface area contributed by atoms with Crippen molar-refractivity contribution >= 4 is 23.1 Å². The third kappa shape index (κ3) is 4.26. The first kappa shape index (κ1) is 20.5. The predicted molar refractivity (Wildman–Crippen MR) is 113 cm³/mol. The molecule has 0 spiro atoms. The standard InChI is InChI=1S/C23H26N2O4/c1-5-29-19-9-7-6-8-18(19)24-21-20(16-10-12-17(28-4)13-11-16)22(26)25(23(21)27)14-15(2)3/h6-13,15,24H,5,14H2,1-4H3. The summed E-state index contributed by atoms with van der Waals surface area (Å²) in [5.74, 6) is 0.835. The number of carbonyl (C=O) groups excluding carboxylic acids is 2. The van der Waals surface area contributed by atoms with E-state index in [-0.39, 0.29) is 23.4 Å². The lowest BCUT2D eigenvalue weighted by atomic mass is 10.0. The van der Waals surface area contributed by atoms with Gasteiger partial charge in [-0.2, -0.15) is 0 Å². The first-order chi connectivity index (χ1) is 14.0. The van der Waals surface area contributed by atoms with Gasteiger partial charge in [0.15, 0.2) is 0 Å². The average Bonchev–Trinajstić information content (AvgIpc) is 2.94. The van der Waals surface area contributed by atoms with E-state index in [1.54, 1.807) is 31.4 Å². The molecular weight excluding hydrogens is 368 g/mol. The summed E-state index contributed by atoms with van der Waals surface area (Å²) in [6.07, 6.45) is 0. The van der Waals surface area contributed by atoms with Gasteiger partial charge in [-0.3, -0.25) is 14.5 Å². The molecule has 3 rings (SSSR count). The van der Waals surface area contributed by atoms with Crippen LogP contribution in [0.3, 0.4) is 0 Å². The monoisotopic (exact) mass is 394 g/mol. The highest BCUT2D eigenvalue weighted by Crippen LogP contribution is 2.34. The van der Waals surface area contributed by atoms with Gasteiger partial charge >= 0.3 is 0 Å². The normalized spacial score (nSPS) is 14.0. The van der Waals surface area contributed by atoms with Crippen LogP contribution in [0, 0.1) is 5.92 Å². The third-order valence-corrected chi connectivity index (χ3v) is 4.54. The van der Waals surface area contributed by atoms with Gasteiger partial charge in [0.25, 0.3) is 11.8 Å². The Kier molecular flexibility index (Phi) is 6.22. The molecular formula is C23H26N2O4. The fraction of sp³-hybridized carbons (Fsp3) is 0.304. The molecule has 1 heterocycles. The van der Waals surface area contributed by atoms with Crippen molar-refractivity contribution in [2.24, 2.45) is 5.92 Å². The molecule has 1 aliphatic rings. The van der Waals surface area contributed by atoms with E-state index in [4.69, 9.17) is 9.47 Å². The summed E-state index contributed by atoms with van der Waals surface area (Å²) in [5.41, 5.74) is 1.91. The summed E-state index contributed by atoms with van der Waals surface area (Å²) in [4.78, 5) is 27.6. The summed E-state index contributed by atoms with van der Waals surface area (Å²) in [6, 6.07) is 14.5. The fourth-order valence-corrected chi connectivity index (χ4v) is 3.23. The third-order valence-electron chi connectivity index (χ3n) is 4.54. The van der Waals surface area contributed by atoms with E-state index >= 15 is 0 Å². The van der Waals surface area contributed by atoms with Crippen molar-refractivity contribution in [2.45, 2.75) is 20.8 Å². The highest BCUT2D eigenvalue weighted by atomic mass is 16.5. The molecule has 6 nitrogen and oxygen atoms in total. The molecule has 1 N–H and O–H groups in total. The molecule has 0 fully saturated rings. The summed E-state index contributed by atoms with van der Waals surface area (Å²) in [6.45, 7) is 6.70. The Labute approximate surface area is 171 Å². The van der Waals surface area contributed by atoms with Crippen LogP contribution < -0.4 is 14.8 Å². The minimum absolute atomic E-state index is 0.162. The van der Waals surface area contributed by atoms with E-state index in [9.17, 15) is 9.59 Å². The number of nitrogens with zero attached hydrogens (tertiary/aromatic N) is 1. The molecule has 2 aromatic rings. The predicted octanol–water partition coefficient (Wildman–Crippen LogP) is 3.94. The molecule has 0 aromatic heterocycles. The number of hydrogen-bond donors (Lipinski definition) is 1. The zero-order valence-corrected chi connectivity index (χ0v) is 17.2. The lowest BCUT2D eigenvalue weighted by Gasteiger charge is -2.18. The summed E-state index contributed by atoms with van der Waals surface area (Å²) in [7, 11) is 1.58. The number of imide groups is 1. The van der Waals surface area contributed by atoms with E-state index in [2.05, 4.69) is 5.32 Å². The van der Waals surface area contributed by atoms with Crippen LogP contribution >= 0.6 is 0 Å². The first-order valence-electron chi connectivity index (χ1n) is 9.70. The van der Waals surface area contributed by atoms with Gasteiger partial charge in [-0.05, 0) is 42.7 Å². The van der Waals surface area contributed by atoms with Gasteiger partial charge in [0.05, 0.1) is 25.0 Å². The minimum atomic E-state index is -0.333. The summed E-state index contributed by atoms with van der Waals surface area (Å²) in [5, 5.41) is 3.17. The smallest absolute Gasteiger partial charge is 0.278 e. The number of nitrogens with one attached hydrogen (secondary N) is 1. The van der Waals surface area contributed by atoms with E-state index in [0.717, 1.165) is 0 Å². The van der Waals surface area contributed by atoms with Gasteiger partial charge in [-0.15, -0.1) is 0 Å². The Morgan fingerprint density at radius 1 is 1.00 bits per heavy atom.